The molecule has 0 aromatic heterocycles. The second-order valence-electron chi connectivity index (χ2n) is 8.10. The van der Waals surface area contributed by atoms with Gasteiger partial charge in [0.05, 0.1) is 16.8 Å². The first-order valence-electron chi connectivity index (χ1n) is 10.9. The van der Waals surface area contributed by atoms with Crippen LogP contribution in [-0.2, 0) is 12.7 Å². The van der Waals surface area contributed by atoms with Gasteiger partial charge in [0.1, 0.15) is 6.17 Å². The number of nitrogens with zero attached hydrogens (tertiary/aromatic N) is 2. The van der Waals surface area contributed by atoms with Crippen molar-refractivity contribution in [3.63, 3.8) is 0 Å². The third kappa shape index (κ3) is 3.92. The second kappa shape index (κ2) is 8.71. The molecule has 1 aliphatic rings. The summed E-state index contributed by atoms with van der Waals surface area (Å²) in [7, 11) is 0. The maximum absolute atomic E-state index is 14.2. The first kappa shape index (κ1) is 21.8. The van der Waals surface area contributed by atoms with Gasteiger partial charge >= 0.3 is 6.18 Å². The Hall–Kier alpha value is -4.06. The summed E-state index contributed by atoms with van der Waals surface area (Å²) in [6.07, 6.45) is -5.57. The number of anilines is 2. The molecule has 0 saturated heterocycles. The van der Waals surface area contributed by atoms with Crippen LogP contribution in [0.15, 0.2) is 109 Å². The van der Waals surface area contributed by atoms with E-state index in [4.69, 9.17) is 0 Å². The Morgan fingerprint density at radius 3 is 2.00 bits per heavy atom. The van der Waals surface area contributed by atoms with Crippen LogP contribution in [0, 0.1) is 0 Å². The molecule has 0 saturated carbocycles. The predicted molar refractivity (Wildman–Crippen MR) is 127 cm³/mol. The average Bonchev–Trinajstić information content (AvgIpc) is 2.86. The Kier molecular flexibility index (Phi) is 5.57. The summed E-state index contributed by atoms with van der Waals surface area (Å²) in [4.78, 5) is 17.1. The van der Waals surface area contributed by atoms with Crippen LogP contribution < -0.4 is 9.80 Å². The van der Waals surface area contributed by atoms with E-state index in [0.717, 1.165) is 11.6 Å². The summed E-state index contributed by atoms with van der Waals surface area (Å²) >= 11 is 0. The number of rotatable bonds is 4. The molecule has 0 fully saturated rings. The molecule has 3 nitrogen and oxygen atoms in total. The van der Waals surface area contributed by atoms with E-state index in [2.05, 4.69) is 0 Å². The van der Waals surface area contributed by atoms with E-state index in [-0.39, 0.29) is 11.5 Å². The van der Waals surface area contributed by atoms with Crippen LogP contribution in [0.5, 0.6) is 0 Å². The summed E-state index contributed by atoms with van der Waals surface area (Å²) < 4.78 is 42.5. The number of para-hydroxylation sites is 2. The van der Waals surface area contributed by atoms with Gasteiger partial charge in [0.25, 0.3) is 5.91 Å². The van der Waals surface area contributed by atoms with Crippen LogP contribution in [0.25, 0.3) is 0 Å². The molecule has 170 valence electrons. The minimum atomic E-state index is -4.57. The third-order valence-electron chi connectivity index (χ3n) is 5.98. The maximum atomic E-state index is 14.2. The molecular formula is C28H21F3N2O. The number of amides is 1. The van der Waals surface area contributed by atoms with Crippen molar-refractivity contribution in [1.82, 2.24) is 0 Å². The standard InChI is InChI=1S/C28H21F3N2O/c29-28(30,31)24-17-9-7-15-22(24)26-32(19-20-11-3-1-4-12-20)25-18-10-8-16-23(25)27(34)33(26)21-13-5-2-6-14-21/h1-18,26H,19H2/t26-/m1/s1. The molecule has 1 heterocycles. The lowest BCUT2D eigenvalue weighted by molar-refractivity contribution is -0.138. The van der Waals surface area contributed by atoms with E-state index in [9.17, 15) is 18.0 Å². The first-order valence-corrected chi connectivity index (χ1v) is 10.9. The van der Waals surface area contributed by atoms with E-state index < -0.39 is 17.9 Å². The number of carbonyl (C=O) groups excluding carboxylic acids is 1. The third-order valence-corrected chi connectivity index (χ3v) is 5.98. The van der Waals surface area contributed by atoms with Crippen LogP contribution in [-0.4, -0.2) is 5.91 Å². The van der Waals surface area contributed by atoms with Crippen molar-refractivity contribution >= 4 is 17.3 Å². The molecule has 1 amide bonds. The number of hydrogen-bond donors (Lipinski definition) is 0. The first-order chi connectivity index (χ1) is 16.4. The zero-order valence-corrected chi connectivity index (χ0v) is 18.1. The quantitative estimate of drug-likeness (QED) is 0.327. The lowest BCUT2D eigenvalue weighted by Gasteiger charge is -2.46. The minimum absolute atomic E-state index is 0.0256. The molecule has 0 bridgehead atoms. The Bertz CT molecular complexity index is 1310. The molecule has 1 atom stereocenters. The molecule has 0 radical (unpaired) electrons. The summed E-state index contributed by atoms with van der Waals surface area (Å²) in [6.45, 7) is 0.325. The normalized spacial score (nSPS) is 15.9. The van der Waals surface area contributed by atoms with Crippen LogP contribution in [0.2, 0.25) is 0 Å². The van der Waals surface area contributed by atoms with Crippen molar-refractivity contribution < 1.29 is 18.0 Å². The lowest BCUT2D eigenvalue weighted by atomic mass is 9.96. The molecule has 0 aliphatic carbocycles. The highest BCUT2D eigenvalue weighted by Gasteiger charge is 2.44. The van der Waals surface area contributed by atoms with Gasteiger partial charge in [-0.15, -0.1) is 0 Å². The molecule has 4 aromatic rings. The van der Waals surface area contributed by atoms with Crippen LogP contribution in [0.4, 0.5) is 24.5 Å². The highest BCUT2D eigenvalue weighted by Crippen LogP contribution is 2.45. The highest BCUT2D eigenvalue weighted by molar-refractivity contribution is 6.12. The van der Waals surface area contributed by atoms with E-state index >= 15 is 0 Å². The van der Waals surface area contributed by atoms with Crippen molar-refractivity contribution in [3.05, 3.63) is 131 Å². The van der Waals surface area contributed by atoms with Crippen molar-refractivity contribution in [2.24, 2.45) is 0 Å². The van der Waals surface area contributed by atoms with Crippen LogP contribution in [0.1, 0.15) is 33.2 Å². The van der Waals surface area contributed by atoms with E-state index in [1.165, 1.54) is 17.0 Å². The van der Waals surface area contributed by atoms with Crippen molar-refractivity contribution in [1.29, 1.82) is 0 Å². The Morgan fingerprint density at radius 1 is 0.706 bits per heavy atom. The Morgan fingerprint density at radius 2 is 1.29 bits per heavy atom. The number of fused-ring (bicyclic) bond motifs is 1. The fourth-order valence-corrected chi connectivity index (χ4v) is 4.50. The zero-order chi connectivity index (χ0) is 23.7. The van der Waals surface area contributed by atoms with Gasteiger partial charge in [-0.2, -0.15) is 13.2 Å². The van der Waals surface area contributed by atoms with Gasteiger partial charge in [-0.1, -0.05) is 78.9 Å². The SMILES string of the molecule is O=C1c2ccccc2N(Cc2ccccc2)[C@@H](c2ccccc2C(F)(F)F)N1c1ccccc1. The van der Waals surface area contributed by atoms with Gasteiger partial charge in [-0.3, -0.25) is 9.69 Å². The Balaban J connectivity index is 1.78. The summed E-state index contributed by atoms with van der Waals surface area (Å²) in [6, 6.07) is 31.0. The maximum Gasteiger partial charge on any atom is 0.416 e. The molecule has 1 aliphatic heterocycles. The highest BCUT2D eigenvalue weighted by atomic mass is 19.4. The minimum Gasteiger partial charge on any atom is -0.342 e. The fourth-order valence-electron chi connectivity index (χ4n) is 4.50. The van der Waals surface area contributed by atoms with Gasteiger partial charge in [0.2, 0.25) is 0 Å². The molecule has 5 rings (SSSR count). The van der Waals surface area contributed by atoms with Crippen molar-refractivity contribution in [2.75, 3.05) is 9.80 Å². The van der Waals surface area contributed by atoms with Gasteiger partial charge in [0, 0.05) is 17.8 Å². The second-order valence-corrected chi connectivity index (χ2v) is 8.10. The van der Waals surface area contributed by atoms with Gasteiger partial charge in [-0.25, -0.2) is 0 Å². The number of carbonyl (C=O) groups is 1. The largest absolute Gasteiger partial charge is 0.416 e. The van der Waals surface area contributed by atoms with Gasteiger partial charge < -0.3 is 4.90 Å². The average molecular weight is 458 g/mol. The van der Waals surface area contributed by atoms with Gasteiger partial charge in [-0.05, 0) is 35.9 Å². The molecular weight excluding hydrogens is 437 g/mol. The van der Waals surface area contributed by atoms with Crippen LogP contribution in [0.3, 0.4) is 0 Å². The molecule has 4 aromatic carbocycles. The lowest BCUT2D eigenvalue weighted by Crippen LogP contribution is -2.50. The molecule has 0 N–H and O–H groups in total. The summed E-state index contributed by atoms with van der Waals surface area (Å²) in [5.74, 6) is -0.340. The number of alkyl halides is 3. The van der Waals surface area contributed by atoms with E-state index in [1.54, 1.807) is 54.6 Å². The zero-order valence-electron chi connectivity index (χ0n) is 18.1. The van der Waals surface area contributed by atoms with E-state index in [1.807, 2.05) is 41.3 Å². The molecule has 34 heavy (non-hydrogen) atoms. The summed E-state index contributed by atoms with van der Waals surface area (Å²) in [5, 5.41) is 0. The van der Waals surface area contributed by atoms with Crippen molar-refractivity contribution in [3.8, 4) is 0 Å². The fraction of sp³-hybridized carbons (Fsp3) is 0.107. The number of halogens is 3. The molecule has 0 spiro atoms. The topological polar surface area (TPSA) is 23.6 Å². The predicted octanol–water partition coefficient (Wildman–Crippen LogP) is 7.07. The van der Waals surface area contributed by atoms with E-state index in [0.29, 0.717) is 23.5 Å². The summed E-state index contributed by atoms with van der Waals surface area (Å²) in [5.41, 5.74) is 1.77. The van der Waals surface area contributed by atoms with Crippen LogP contribution >= 0.6 is 0 Å². The monoisotopic (exact) mass is 458 g/mol. The Labute approximate surface area is 195 Å². The molecule has 6 heteroatoms. The smallest absolute Gasteiger partial charge is 0.342 e. The molecule has 0 unspecified atom stereocenters. The number of benzene rings is 4. The number of hydrogen-bond acceptors (Lipinski definition) is 2. The van der Waals surface area contributed by atoms with Crippen molar-refractivity contribution in [2.45, 2.75) is 18.9 Å². The van der Waals surface area contributed by atoms with Gasteiger partial charge in [0.15, 0.2) is 0 Å².